The van der Waals surface area contributed by atoms with Gasteiger partial charge in [-0.05, 0) is 25.1 Å². The second-order valence-electron chi connectivity index (χ2n) is 4.74. The molecule has 0 atom stereocenters. The molecule has 0 unspecified atom stereocenters. The number of rotatable bonds is 1. The predicted molar refractivity (Wildman–Crippen MR) is 77.7 cm³/mol. The van der Waals surface area contributed by atoms with Crippen molar-refractivity contribution in [3.05, 3.63) is 45.7 Å². The molecular weight excluding hydrogens is 322 g/mol. The van der Waals surface area contributed by atoms with Crippen molar-refractivity contribution < 1.29 is 9.53 Å². The molecule has 1 amide bonds. The number of carbonyl (C=O) groups is 1. The Labute approximate surface area is 125 Å². The largest absolute Gasteiger partial charge is 0.491 e. The highest BCUT2D eigenvalue weighted by Gasteiger charge is 2.23. The standard InChI is InChI=1S/C14H14BrN3O2/c1-9-12(7-16-17-9)14(19)18-4-5-20-13-3-2-11(15)6-10(13)8-18/h2-3,6-7H,4-5,8H2,1H3,(H,16,17). The Morgan fingerprint density at radius 3 is 3.10 bits per heavy atom. The van der Waals surface area contributed by atoms with Gasteiger partial charge in [-0.15, -0.1) is 0 Å². The van der Waals surface area contributed by atoms with Gasteiger partial charge in [-0.1, -0.05) is 15.9 Å². The molecule has 0 bridgehead atoms. The average Bonchev–Trinajstić information content (AvgIpc) is 2.73. The number of hydrogen-bond donors (Lipinski definition) is 1. The number of hydrogen-bond acceptors (Lipinski definition) is 3. The van der Waals surface area contributed by atoms with E-state index in [1.165, 1.54) is 0 Å². The Balaban J connectivity index is 1.89. The maximum Gasteiger partial charge on any atom is 0.257 e. The molecule has 1 N–H and O–H groups in total. The minimum Gasteiger partial charge on any atom is -0.491 e. The number of aromatic nitrogens is 2. The third kappa shape index (κ3) is 2.43. The molecule has 104 valence electrons. The fourth-order valence-corrected chi connectivity index (χ4v) is 2.68. The molecule has 2 aromatic rings. The van der Waals surface area contributed by atoms with E-state index in [4.69, 9.17) is 4.74 Å². The molecule has 1 aromatic carbocycles. The Morgan fingerprint density at radius 1 is 1.50 bits per heavy atom. The molecular formula is C14H14BrN3O2. The SMILES string of the molecule is Cc1[nH]ncc1C(=O)N1CCOc2ccc(Br)cc2C1. The lowest BCUT2D eigenvalue weighted by molar-refractivity contribution is 0.0732. The van der Waals surface area contributed by atoms with Crippen LogP contribution >= 0.6 is 15.9 Å². The van der Waals surface area contributed by atoms with Gasteiger partial charge in [0.1, 0.15) is 12.4 Å². The molecule has 2 heterocycles. The average molecular weight is 336 g/mol. The van der Waals surface area contributed by atoms with Crippen LogP contribution in [0, 0.1) is 6.92 Å². The van der Waals surface area contributed by atoms with E-state index in [2.05, 4.69) is 26.1 Å². The summed E-state index contributed by atoms with van der Waals surface area (Å²) in [6.45, 7) is 3.45. The zero-order valence-corrected chi connectivity index (χ0v) is 12.6. The summed E-state index contributed by atoms with van der Waals surface area (Å²) in [6, 6.07) is 5.86. The molecule has 1 aliphatic rings. The molecule has 3 rings (SSSR count). The van der Waals surface area contributed by atoms with E-state index in [-0.39, 0.29) is 5.91 Å². The maximum atomic E-state index is 12.5. The summed E-state index contributed by atoms with van der Waals surface area (Å²) in [5.41, 5.74) is 2.41. The monoisotopic (exact) mass is 335 g/mol. The molecule has 0 radical (unpaired) electrons. The van der Waals surface area contributed by atoms with Crippen molar-refractivity contribution in [2.75, 3.05) is 13.2 Å². The molecule has 6 heteroatoms. The smallest absolute Gasteiger partial charge is 0.257 e. The van der Waals surface area contributed by atoms with E-state index < -0.39 is 0 Å². The Bertz CT molecular complexity index is 654. The topological polar surface area (TPSA) is 58.2 Å². The van der Waals surface area contributed by atoms with E-state index in [1.807, 2.05) is 25.1 Å². The van der Waals surface area contributed by atoms with E-state index in [1.54, 1.807) is 11.1 Å². The molecule has 0 aliphatic carbocycles. The van der Waals surface area contributed by atoms with Crippen LogP contribution in [0.4, 0.5) is 0 Å². The van der Waals surface area contributed by atoms with E-state index in [9.17, 15) is 4.79 Å². The fourth-order valence-electron chi connectivity index (χ4n) is 2.27. The van der Waals surface area contributed by atoms with Crippen molar-refractivity contribution >= 4 is 21.8 Å². The lowest BCUT2D eigenvalue weighted by Gasteiger charge is -2.19. The highest BCUT2D eigenvalue weighted by atomic mass is 79.9. The van der Waals surface area contributed by atoms with Crippen molar-refractivity contribution in [3.8, 4) is 5.75 Å². The Hall–Kier alpha value is -1.82. The molecule has 0 spiro atoms. The molecule has 1 aromatic heterocycles. The first kappa shape index (κ1) is 13.2. The van der Waals surface area contributed by atoms with Crippen molar-refractivity contribution in [1.82, 2.24) is 15.1 Å². The van der Waals surface area contributed by atoms with Crippen molar-refractivity contribution in [2.24, 2.45) is 0 Å². The van der Waals surface area contributed by atoms with Gasteiger partial charge in [-0.25, -0.2) is 0 Å². The summed E-state index contributed by atoms with van der Waals surface area (Å²) < 4.78 is 6.67. The number of aromatic amines is 1. The number of aryl methyl sites for hydroxylation is 1. The van der Waals surface area contributed by atoms with Gasteiger partial charge in [-0.3, -0.25) is 9.89 Å². The van der Waals surface area contributed by atoms with Crippen molar-refractivity contribution in [1.29, 1.82) is 0 Å². The third-order valence-corrected chi connectivity index (χ3v) is 3.84. The number of halogens is 1. The number of nitrogens with zero attached hydrogens (tertiary/aromatic N) is 2. The Morgan fingerprint density at radius 2 is 2.35 bits per heavy atom. The number of carbonyl (C=O) groups excluding carboxylic acids is 1. The molecule has 20 heavy (non-hydrogen) atoms. The van der Waals surface area contributed by atoms with Crippen LogP contribution in [0.1, 0.15) is 21.6 Å². The quantitative estimate of drug-likeness (QED) is 0.871. The summed E-state index contributed by atoms with van der Waals surface area (Å²) in [4.78, 5) is 14.3. The minimum atomic E-state index is -0.0207. The van der Waals surface area contributed by atoms with Crippen LogP contribution in [-0.2, 0) is 6.54 Å². The summed E-state index contributed by atoms with van der Waals surface area (Å²) in [5, 5.41) is 6.70. The van der Waals surface area contributed by atoms with Crippen molar-refractivity contribution in [3.63, 3.8) is 0 Å². The van der Waals surface area contributed by atoms with Gasteiger partial charge >= 0.3 is 0 Å². The number of fused-ring (bicyclic) bond motifs is 1. The minimum absolute atomic E-state index is 0.0207. The summed E-state index contributed by atoms with van der Waals surface area (Å²) >= 11 is 3.45. The highest BCUT2D eigenvalue weighted by molar-refractivity contribution is 9.10. The first-order chi connectivity index (χ1) is 9.65. The number of amides is 1. The first-order valence-corrected chi connectivity index (χ1v) is 7.15. The molecule has 0 fully saturated rings. The fraction of sp³-hybridized carbons (Fsp3) is 0.286. The lowest BCUT2D eigenvalue weighted by Crippen LogP contribution is -2.32. The van der Waals surface area contributed by atoms with Crippen LogP contribution in [0.15, 0.2) is 28.9 Å². The van der Waals surface area contributed by atoms with Crippen LogP contribution in [0.25, 0.3) is 0 Å². The summed E-state index contributed by atoms with van der Waals surface area (Å²) in [5.74, 6) is 0.820. The van der Waals surface area contributed by atoms with Gasteiger partial charge in [0.15, 0.2) is 0 Å². The number of ether oxygens (including phenoxy) is 1. The van der Waals surface area contributed by atoms with Crippen LogP contribution < -0.4 is 4.74 Å². The van der Waals surface area contributed by atoms with Gasteiger partial charge in [0.25, 0.3) is 5.91 Å². The van der Waals surface area contributed by atoms with Crippen molar-refractivity contribution in [2.45, 2.75) is 13.5 Å². The van der Waals surface area contributed by atoms with Gasteiger partial charge in [0, 0.05) is 22.3 Å². The summed E-state index contributed by atoms with van der Waals surface area (Å²) in [6.07, 6.45) is 1.57. The zero-order valence-electron chi connectivity index (χ0n) is 11.0. The summed E-state index contributed by atoms with van der Waals surface area (Å²) in [7, 11) is 0. The van der Waals surface area contributed by atoms with Gasteiger partial charge in [-0.2, -0.15) is 5.10 Å². The maximum absolute atomic E-state index is 12.5. The van der Waals surface area contributed by atoms with Crippen LogP contribution in [0.5, 0.6) is 5.75 Å². The molecule has 0 saturated heterocycles. The molecule has 0 saturated carbocycles. The predicted octanol–water partition coefficient (Wildman–Crippen LogP) is 2.52. The van der Waals surface area contributed by atoms with Crippen LogP contribution in [0.3, 0.4) is 0 Å². The normalized spacial score (nSPS) is 14.4. The first-order valence-electron chi connectivity index (χ1n) is 6.35. The van der Waals surface area contributed by atoms with Crippen LogP contribution in [-0.4, -0.2) is 34.2 Å². The second-order valence-corrected chi connectivity index (χ2v) is 5.65. The number of benzene rings is 1. The highest BCUT2D eigenvalue weighted by Crippen LogP contribution is 2.27. The lowest BCUT2D eigenvalue weighted by atomic mass is 10.1. The second kappa shape index (κ2) is 5.28. The molecule has 1 aliphatic heterocycles. The third-order valence-electron chi connectivity index (χ3n) is 3.35. The van der Waals surface area contributed by atoms with E-state index in [0.717, 1.165) is 21.5 Å². The van der Waals surface area contributed by atoms with Gasteiger partial charge in [0.05, 0.1) is 18.3 Å². The van der Waals surface area contributed by atoms with Gasteiger partial charge in [0.2, 0.25) is 0 Å². The Kier molecular flexibility index (Phi) is 3.48. The number of nitrogens with one attached hydrogen (secondary N) is 1. The number of H-pyrrole nitrogens is 1. The van der Waals surface area contributed by atoms with E-state index >= 15 is 0 Å². The van der Waals surface area contributed by atoms with Crippen LogP contribution in [0.2, 0.25) is 0 Å². The zero-order chi connectivity index (χ0) is 14.1. The molecule has 5 nitrogen and oxygen atoms in total. The van der Waals surface area contributed by atoms with E-state index in [0.29, 0.717) is 25.3 Å². The van der Waals surface area contributed by atoms with Gasteiger partial charge < -0.3 is 9.64 Å².